The smallest absolute Gasteiger partial charge is 0.261 e. The number of nitrogens with one attached hydrogen (secondary N) is 1. The Kier molecular flexibility index (Phi) is 4.52. The van der Waals surface area contributed by atoms with Gasteiger partial charge < -0.3 is 10.2 Å². The maximum absolute atomic E-state index is 13.5. The Morgan fingerprint density at radius 2 is 1.89 bits per heavy atom. The van der Waals surface area contributed by atoms with Gasteiger partial charge in [0.25, 0.3) is 11.8 Å². The van der Waals surface area contributed by atoms with E-state index in [9.17, 15) is 14.0 Å². The van der Waals surface area contributed by atoms with E-state index in [-0.39, 0.29) is 22.2 Å². The summed E-state index contributed by atoms with van der Waals surface area (Å²) in [4.78, 5) is 24.8. The van der Waals surface area contributed by atoms with Crippen molar-refractivity contribution < 1.29 is 14.0 Å². The average Bonchev–Trinajstić information content (AvgIpc) is 2.29. The molecule has 1 N–H and O–H groups in total. The number of carbonyl (C=O) groups excluding carboxylic acids is 2. The fourth-order valence-electron chi connectivity index (χ4n) is 1.31. The fourth-order valence-corrected chi connectivity index (χ4v) is 1.56. The molecule has 2 amide bonds. The Balaban J connectivity index is 3.09. The Morgan fingerprint density at radius 3 is 2.37 bits per heavy atom. The molecule has 4 nitrogen and oxygen atoms in total. The number of benzene rings is 1. The van der Waals surface area contributed by atoms with Crippen LogP contribution in [0.15, 0.2) is 18.2 Å². The summed E-state index contributed by atoms with van der Waals surface area (Å²) in [6, 6.07) is 4.63. The molecule has 0 bridgehead atoms. The van der Waals surface area contributed by atoms with Crippen LogP contribution in [-0.4, -0.2) is 36.5 Å². The van der Waals surface area contributed by atoms with Gasteiger partial charge in [0.05, 0.1) is 16.3 Å². The van der Waals surface area contributed by atoms with Gasteiger partial charge in [0, 0.05) is 14.1 Å². The van der Waals surface area contributed by atoms with Crippen LogP contribution >= 0.6 is 11.6 Å². The largest absolute Gasteiger partial charge is 0.345 e. The van der Waals surface area contributed by atoms with Crippen molar-refractivity contribution in [3.8, 4) is 0 Å². The Hall–Kier alpha value is -1.62. The first-order valence-electron chi connectivity index (χ1n) is 5.65. The van der Waals surface area contributed by atoms with Crippen LogP contribution < -0.4 is 5.32 Å². The van der Waals surface area contributed by atoms with Crippen molar-refractivity contribution in [1.82, 2.24) is 4.90 Å². The quantitative estimate of drug-likeness (QED) is 0.929. The summed E-state index contributed by atoms with van der Waals surface area (Å²) >= 11 is 6.06. The van der Waals surface area contributed by atoms with Crippen molar-refractivity contribution in [3.05, 3.63) is 28.8 Å². The van der Waals surface area contributed by atoms with Crippen molar-refractivity contribution in [2.24, 2.45) is 0 Å². The van der Waals surface area contributed by atoms with E-state index < -0.39 is 11.6 Å². The lowest BCUT2D eigenvalue weighted by Crippen LogP contribution is -2.32. The van der Waals surface area contributed by atoms with Gasteiger partial charge in [-0.25, -0.2) is 4.39 Å². The second kappa shape index (κ2) is 5.57. The minimum absolute atomic E-state index is 0.0961. The molecule has 0 radical (unpaired) electrons. The molecule has 0 fully saturated rings. The zero-order valence-corrected chi connectivity index (χ0v) is 12.0. The fraction of sp³-hybridized carbons (Fsp3) is 0.385. The molecular weight excluding hydrogens is 271 g/mol. The molecule has 0 aliphatic heterocycles. The summed E-state index contributed by atoms with van der Waals surface area (Å²) in [5.41, 5.74) is -1.56. The second-order valence-corrected chi connectivity index (χ2v) is 5.17. The Labute approximate surface area is 116 Å². The zero-order valence-electron chi connectivity index (χ0n) is 11.3. The number of amides is 2. The lowest BCUT2D eigenvalue weighted by molar-refractivity contribution is -0.125. The van der Waals surface area contributed by atoms with E-state index in [1.807, 2.05) is 0 Å². The van der Waals surface area contributed by atoms with Gasteiger partial charge in [-0.3, -0.25) is 9.59 Å². The zero-order chi connectivity index (χ0) is 14.8. The molecule has 6 heteroatoms. The van der Waals surface area contributed by atoms with Crippen molar-refractivity contribution >= 4 is 29.1 Å². The van der Waals surface area contributed by atoms with Crippen LogP contribution in [0.1, 0.15) is 24.2 Å². The first-order chi connectivity index (χ1) is 8.64. The molecule has 0 aliphatic carbocycles. The molecule has 0 aliphatic rings. The number of alkyl halides is 1. The molecule has 19 heavy (non-hydrogen) atoms. The molecule has 0 unspecified atom stereocenters. The first-order valence-corrected chi connectivity index (χ1v) is 6.03. The third-order valence-electron chi connectivity index (χ3n) is 2.42. The number of carbonyl (C=O) groups is 2. The molecular formula is C13H16ClFN2O2. The highest BCUT2D eigenvalue weighted by Gasteiger charge is 2.27. The van der Waals surface area contributed by atoms with Crippen molar-refractivity contribution in [2.75, 3.05) is 19.4 Å². The number of nitrogens with zero attached hydrogens (tertiary/aromatic N) is 1. The molecule has 1 rings (SSSR count). The lowest BCUT2D eigenvalue weighted by Gasteiger charge is -2.17. The summed E-state index contributed by atoms with van der Waals surface area (Å²) in [6.45, 7) is 2.29. The number of halogens is 2. The van der Waals surface area contributed by atoms with Gasteiger partial charge in [0.1, 0.15) is 0 Å². The normalized spacial score (nSPS) is 11.1. The predicted octanol–water partition coefficient (Wildman–Crippen LogP) is 2.73. The maximum Gasteiger partial charge on any atom is 0.261 e. The number of hydrogen-bond acceptors (Lipinski definition) is 2. The van der Waals surface area contributed by atoms with Crippen LogP contribution in [0.4, 0.5) is 10.1 Å². The second-order valence-electron chi connectivity index (χ2n) is 4.79. The Bertz CT molecular complexity index is 510. The summed E-state index contributed by atoms with van der Waals surface area (Å²) < 4.78 is 13.5. The standard InChI is InChI=1S/C13H16ClFN2O2/c1-13(2,15)12(19)16-9-7-5-6-8(10(9)14)11(18)17(3)4/h5-7H,1-4H3,(H,16,19). The minimum Gasteiger partial charge on any atom is -0.345 e. The third kappa shape index (κ3) is 3.67. The summed E-state index contributed by atoms with van der Waals surface area (Å²) in [7, 11) is 3.18. The van der Waals surface area contributed by atoms with E-state index in [1.165, 1.54) is 11.0 Å². The van der Waals surface area contributed by atoms with Gasteiger partial charge in [0.2, 0.25) is 0 Å². The van der Waals surface area contributed by atoms with Gasteiger partial charge in [-0.1, -0.05) is 17.7 Å². The predicted molar refractivity (Wildman–Crippen MR) is 73.3 cm³/mol. The highest BCUT2D eigenvalue weighted by Crippen LogP contribution is 2.27. The van der Waals surface area contributed by atoms with Gasteiger partial charge in [0.15, 0.2) is 5.67 Å². The van der Waals surface area contributed by atoms with Crippen LogP contribution in [0.2, 0.25) is 5.02 Å². The molecule has 0 saturated heterocycles. The number of hydrogen-bond donors (Lipinski definition) is 1. The van der Waals surface area contributed by atoms with Crippen molar-refractivity contribution in [1.29, 1.82) is 0 Å². The van der Waals surface area contributed by atoms with Crippen LogP contribution in [0.5, 0.6) is 0 Å². The topological polar surface area (TPSA) is 49.4 Å². The molecule has 0 spiro atoms. The monoisotopic (exact) mass is 286 g/mol. The summed E-state index contributed by atoms with van der Waals surface area (Å²) in [5, 5.41) is 2.46. The van der Waals surface area contributed by atoms with Gasteiger partial charge in [-0.05, 0) is 26.0 Å². The third-order valence-corrected chi connectivity index (χ3v) is 2.83. The van der Waals surface area contributed by atoms with Crippen LogP contribution in [0, 0.1) is 0 Å². The van der Waals surface area contributed by atoms with E-state index in [4.69, 9.17) is 11.6 Å². The highest BCUT2D eigenvalue weighted by atomic mass is 35.5. The lowest BCUT2D eigenvalue weighted by atomic mass is 10.1. The van der Waals surface area contributed by atoms with Crippen molar-refractivity contribution in [2.45, 2.75) is 19.5 Å². The van der Waals surface area contributed by atoms with Gasteiger partial charge in [-0.2, -0.15) is 0 Å². The molecule has 104 valence electrons. The van der Waals surface area contributed by atoms with E-state index in [2.05, 4.69) is 5.32 Å². The maximum atomic E-state index is 13.5. The highest BCUT2D eigenvalue weighted by molar-refractivity contribution is 6.36. The Morgan fingerprint density at radius 1 is 1.32 bits per heavy atom. The van der Waals surface area contributed by atoms with Crippen LogP contribution in [-0.2, 0) is 4.79 Å². The van der Waals surface area contributed by atoms with Crippen LogP contribution in [0.3, 0.4) is 0 Å². The van der Waals surface area contributed by atoms with Crippen molar-refractivity contribution in [3.63, 3.8) is 0 Å². The van der Waals surface area contributed by atoms with E-state index in [0.29, 0.717) is 0 Å². The van der Waals surface area contributed by atoms with E-state index >= 15 is 0 Å². The SMILES string of the molecule is CN(C)C(=O)c1cccc(NC(=O)C(C)(C)F)c1Cl. The molecule has 0 saturated carbocycles. The van der Waals surface area contributed by atoms with E-state index in [0.717, 1.165) is 13.8 Å². The molecule has 1 aromatic rings. The van der Waals surface area contributed by atoms with Gasteiger partial charge in [-0.15, -0.1) is 0 Å². The van der Waals surface area contributed by atoms with Crippen LogP contribution in [0.25, 0.3) is 0 Å². The number of anilines is 1. The molecule has 0 aromatic heterocycles. The number of rotatable bonds is 3. The average molecular weight is 287 g/mol. The summed E-state index contributed by atoms with van der Waals surface area (Å²) in [6.07, 6.45) is 0. The molecule has 0 atom stereocenters. The summed E-state index contributed by atoms with van der Waals surface area (Å²) in [5.74, 6) is -1.11. The molecule has 1 aromatic carbocycles. The minimum atomic E-state index is -2.02. The first kappa shape index (κ1) is 15.4. The molecule has 0 heterocycles. The van der Waals surface area contributed by atoms with Gasteiger partial charge >= 0.3 is 0 Å². The van der Waals surface area contributed by atoms with E-state index in [1.54, 1.807) is 26.2 Å².